The van der Waals surface area contributed by atoms with Crippen molar-refractivity contribution in [2.75, 3.05) is 0 Å². The zero-order valence-electron chi connectivity index (χ0n) is 10.7. The second-order valence-electron chi connectivity index (χ2n) is 4.14. The molecular weight excluding hydrogens is 322 g/mol. The molecule has 21 heavy (non-hydrogen) atoms. The summed E-state index contributed by atoms with van der Waals surface area (Å²) in [5.41, 5.74) is 0.224. The number of hydrogen-bond donors (Lipinski definition) is 1. The minimum Gasteiger partial charge on any atom is -0.364 e. The molecule has 0 bridgehead atoms. The van der Waals surface area contributed by atoms with Crippen molar-refractivity contribution < 1.29 is 17.9 Å². The lowest BCUT2D eigenvalue weighted by Crippen LogP contribution is -2.24. The molecule has 1 heterocycles. The number of nitro benzene ring substituents is 1. The van der Waals surface area contributed by atoms with E-state index in [0.717, 1.165) is 6.07 Å². The minimum absolute atomic E-state index is 0.0886. The van der Waals surface area contributed by atoms with E-state index in [4.69, 9.17) is 11.6 Å². The van der Waals surface area contributed by atoms with Crippen molar-refractivity contribution in [2.24, 2.45) is 0 Å². The van der Waals surface area contributed by atoms with Crippen molar-refractivity contribution in [3.63, 3.8) is 0 Å². The third kappa shape index (κ3) is 3.38. The van der Waals surface area contributed by atoms with Gasteiger partial charge in [0.15, 0.2) is 0 Å². The fourth-order valence-electron chi connectivity index (χ4n) is 1.65. The topological polar surface area (TPSA) is 115 Å². The lowest BCUT2D eigenvalue weighted by Gasteiger charge is -2.09. The van der Waals surface area contributed by atoms with E-state index in [9.17, 15) is 18.5 Å². The quantitative estimate of drug-likeness (QED) is 0.662. The first-order valence-corrected chi connectivity index (χ1v) is 7.51. The molecule has 10 heteroatoms. The standard InChI is InChI=1S/C11H10ClN3O5S/c1-7-4-9(12)10(15(16)17)5-11(7)21(18,19)13-6-8-2-3-20-14-8/h2-5,13H,6H2,1H3. The number of sulfonamides is 1. The average Bonchev–Trinajstić information content (AvgIpc) is 2.88. The van der Waals surface area contributed by atoms with Gasteiger partial charge in [-0.25, -0.2) is 13.1 Å². The minimum atomic E-state index is -3.93. The molecule has 1 aromatic heterocycles. The Bertz CT molecular complexity index is 773. The van der Waals surface area contributed by atoms with E-state index in [0.29, 0.717) is 11.3 Å². The van der Waals surface area contributed by atoms with Gasteiger partial charge in [0.25, 0.3) is 5.69 Å². The van der Waals surface area contributed by atoms with Crippen LogP contribution in [0.4, 0.5) is 5.69 Å². The second-order valence-corrected chi connectivity index (χ2v) is 6.28. The zero-order chi connectivity index (χ0) is 15.6. The van der Waals surface area contributed by atoms with Gasteiger partial charge >= 0.3 is 0 Å². The Balaban J connectivity index is 2.35. The SMILES string of the molecule is Cc1cc(Cl)c([N+](=O)[O-])cc1S(=O)(=O)NCc1ccon1. The number of rotatable bonds is 5. The van der Waals surface area contributed by atoms with Crippen molar-refractivity contribution in [2.45, 2.75) is 18.4 Å². The normalized spacial score (nSPS) is 11.5. The van der Waals surface area contributed by atoms with E-state index in [1.807, 2.05) is 0 Å². The summed E-state index contributed by atoms with van der Waals surface area (Å²) < 4.78 is 31.3. The fourth-order valence-corrected chi connectivity index (χ4v) is 3.18. The number of benzene rings is 1. The van der Waals surface area contributed by atoms with Gasteiger partial charge in [0.1, 0.15) is 11.3 Å². The molecule has 0 atom stereocenters. The third-order valence-electron chi connectivity index (χ3n) is 2.67. The highest BCUT2D eigenvalue weighted by Gasteiger charge is 2.23. The van der Waals surface area contributed by atoms with Gasteiger partial charge in [0.05, 0.1) is 22.1 Å². The predicted molar refractivity (Wildman–Crippen MR) is 73.4 cm³/mol. The molecule has 0 spiro atoms. The van der Waals surface area contributed by atoms with Crippen LogP contribution < -0.4 is 4.72 Å². The molecule has 8 nitrogen and oxygen atoms in total. The van der Waals surface area contributed by atoms with E-state index in [2.05, 4.69) is 14.4 Å². The van der Waals surface area contributed by atoms with Gasteiger partial charge < -0.3 is 4.52 Å². The van der Waals surface area contributed by atoms with Crippen LogP contribution in [0.5, 0.6) is 0 Å². The molecule has 0 aliphatic heterocycles. The van der Waals surface area contributed by atoms with Crippen LogP contribution in [0.3, 0.4) is 0 Å². The van der Waals surface area contributed by atoms with Crippen molar-refractivity contribution >= 4 is 27.3 Å². The van der Waals surface area contributed by atoms with Crippen LogP contribution in [0.1, 0.15) is 11.3 Å². The van der Waals surface area contributed by atoms with Crippen LogP contribution in [-0.4, -0.2) is 18.5 Å². The highest BCUT2D eigenvalue weighted by Crippen LogP contribution is 2.30. The Hall–Kier alpha value is -1.97. The van der Waals surface area contributed by atoms with Crippen LogP contribution in [0.2, 0.25) is 5.02 Å². The van der Waals surface area contributed by atoms with Crippen LogP contribution in [0.15, 0.2) is 33.9 Å². The molecule has 0 aliphatic carbocycles. The highest BCUT2D eigenvalue weighted by atomic mass is 35.5. The molecule has 112 valence electrons. The first kappa shape index (κ1) is 15.4. The molecule has 0 radical (unpaired) electrons. The maximum atomic E-state index is 12.2. The number of halogens is 1. The Labute approximate surface area is 124 Å². The number of aryl methyl sites for hydroxylation is 1. The molecule has 0 saturated heterocycles. The molecule has 1 aromatic carbocycles. The molecule has 2 rings (SSSR count). The number of nitrogens with zero attached hydrogens (tertiary/aromatic N) is 2. The van der Waals surface area contributed by atoms with Crippen molar-refractivity contribution in [1.29, 1.82) is 0 Å². The Morgan fingerprint density at radius 1 is 1.48 bits per heavy atom. The van der Waals surface area contributed by atoms with Crippen LogP contribution in [0, 0.1) is 17.0 Å². The van der Waals surface area contributed by atoms with E-state index in [1.54, 1.807) is 0 Å². The van der Waals surface area contributed by atoms with Crippen LogP contribution in [0.25, 0.3) is 0 Å². The van der Waals surface area contributed by atoms with Gasteiger partial charge in [-0.15, -0.1) is 0 Å². The van der Waals surface area contributed by atoms with Crippen molar-refractivity contribution in [3.8, 4) is 0 Å². The second kappa shape index (κ2) is 5.80. The summed E-state index contributed by atoms with van der Waals surface area (Å²) in [7, 11) is -3.93. The van der Waals surface area contributed by atoms with Crippen molar-refractivity contribution in [1.82, 2.24) is 9.88 Å². The molecule has 0 aliphatic rings. The first-order chi connectivity index (χ1) is 9.81. The molecule has 0 saturated carbocycles. The summed E-state index contributed by atoms with van der Waals surface area (Å²) in [6, 6.07) is 3.67. The molecular formula is C11H10ClN3O5S. The molecule has 1 N–H and O–H groups in total. The number of nitro groups is 1. The monoisotopic (exact) mass is 331 g/mol. The van der Waals surface area contributed by atoms with Crippen molar-refractivity contribution in [3.05, 3.63) is 50.9 Å². The van der Waals surface area contributed by atoms with E-state index >= 15 is 0 Å². The summed E-state index contributed by atoms with van der Waals surface area (Å²) in [5.74, 6) is 0. The Kier molecular flexibility index (Phi) is 4.26. The van der Waals surface area contributed by atoms with Gasteiger partial charge in [-0.05, 0) is 18.6 Å². The Morgan fingerprint density at radius 3 is 2.76 bits per heavy atom. The van der Waals surface area contributed by atoms with E-state index in [-0.39, 0.29) is 16.5 Å². The van der Waals surface area contributed by atoms with E-state index < -0.39 is 20.6 Å². The van der Waals surface area contributed by atoms with Gasteiger partial charge in [-0.1, -0.05) is 16.8 Å². The maximum absolute atomic E-state index is 12.2. The molecule has 0 amide bonds. The lowest BCUT2D eigenvalue weighted by atomic mass is 10.2. The first-order valence-electron chi connectivity index (χ1n) is 5.65. The third-order valence-corrected chi connectivity index (χ3v) is 4.51. The van der Waals surface area contributed by atoms with Crippen LogP contribution in [-0.2, 0) is 16.6 Å². The highest BCUT2D eigenvalue weighted by molar-refractivity contribution is 7.89. The largest absolute Gasteiger partial charge is 0.364 e. The van der Waals surface area contributed by atoms with E-state index in [1.165, 1.54) is 25.3 Å². The molecule has 2 aromatic rings. The maximum Gasteiger partial charge on any atom is 0.289 e. The van der Waals surface area contributed by atoms with Gasteiger partial charge in [-0.3, -0.25) is 10.1 Å². The number of hydrogen-bond acceptors (Lipinski definition) is 6. The summed E-state index contributed by atoms with van der Waals surface area (Å²) in [5, 5.41) is 14.3. The summed E-state index contributed by atoms with van der Waals surface area (Å²) >= 11 is 5.73. The fraction of sp³-hybridized carbons (Fsp3) is 0.182. The van der Waals surface area contributed by atoms with Gasteiger partial charge in [-0.2, -0.15) is 0 Å². The Morgan fingerprint density at radius 2 is 2.19 bits per heavy atom. The zero-order valence-corrected chi connectivity index (χ0v) is 12.3. The molecule has 0 unspecified atom stereocenters. The number of aromatic nitrogens is 1. The predicted octanol–water partition coefficient (Wildman–Crippen LogP) is 2.02. The summed E-state index contributed by atoms with van der Waals surface area (Å²) in [6.45, 7) is 1.41. The number of nitrogens with one attached hydrogen (secondary N) is 1. The summed E-state index contributed by atoms with van der Waals surface area (Å²) in [4.78, 5) is 9.90. The summed E-state index contributed by atoms with van der Waals surface area (Å²) in [6.07, 6.45) is 1.31. The lowest BCUT2D eigenvalue weighted by molar-refractivity contribution is -0.384. The smallest absolute Gasteiger partial charge is 0.289 e. The van der Waals surface area contributed by atoms with Crippen LogP contribution >= 0.6 is 11.6 Å². The average molecular weight is 332 g/mol. The molecule has 0 fully saturated rings. The van der Waals surface area contributed by atoms with Gasteiger partial charge in [0.2, 0.25) is 10.0 Å². The van der Waals surface area contributed by atoms with Gasteiger partial charge in [0, 0.05) is 12.1 Å².